The topological polar surface area (TPSA) is 36.3 Å². The van der Waals surface area contributed by atoms with Crippen LogP contribution in [0.3, 0.4) is 0 Å². The summed E-state index contributed by atoms with van der Waals surface area (Å²) in [6.07, 6.45) is -4.58. The van der Waals surface area contributed by atoms with Crippen LogP contribution in [0.4, 0.5) is 13.2 Å². The van der Waals surface area contributed by atoms with Crippen molar-refractivity contribution in [1.82, 2.24) is 9.78 Å². The van der Waals surface area contributed by atoms with Gasteiger partial charge in [-0.1, -0.05) is 48.0 Å². The predicted octanol–water partition coefficient (Wildman–Crippen LogP) is 6.80. The van der Waals surface area contributed by atoms with E-state index in [1.165, 1.54) is 0 Å². The van der Waals surface area contributed by atoms with Crippen LogP contribution in [0.25, 0.3) is 16.8 Å². The van der Waals surface area contributed by atoms with E-state index >= 15 is 0 Å². The fourth-order valence-corrected chi connectivity index (χ4v) is 3.39. The van der Waals surface area contributed by atoms with Gasteiger partial charge in [-0.15, -0.1) is 0 Å². The Kier molecular flexibility index (Phi) is 6.10. The molecule has 8 heteroatoms. The fraction of sp³-hybridized carbons (Fsp3) is 0.125. The SMILES string of the molecule is COc1ccc(-c2ccc(OCc3cc(C(F)(F)F)nn3-c3ccccc3Cl)cc2)cc1. The highest BCUT2D eigenvalue weighted by molar-refractivity contribution is 6.32. The number of nitrogens with zero attached hydrogens (tertiary/aromatic N) is 2. The van der Waals surface area contributed by atoms with Crippen LogP contribution in [0.1, 0.15) is 11.4 Å². The average molecular weight is 459 g/mol. The van der Waals surface area contributed by atoms with Crippen LogP contribution >= 0.6 is 11.6 Å². The molecule has 0 aliphatic carbocycles. The molecule has 1 heterocycles. The number of hydrogen-bond donors (Lipinski definition) is 0. The van der Waals surface area contributed by atoms with E-state index in [9.17, 15) is 13.2 Å². The van der Waals surface area contributed by atoms with Gasteiger partial charge < -0.3 is 9.47 Å². The molecule has 0 saturated heterocycles. The Hall–Kier alpha value is -3.45. The first-order chi connectivity index (χ1) is 15.3. The zero-order valence-electron chi connectivity index (χ0n) is 16.9. The van der Waals surface area contributed by atoms with E-state index in [-0.39, 0.29) is 17.3 Å². The molecule has 0 aliphatic rings. The van der Waals surface area contributed by atoms with Gasteiger partial charge in [0.15, 0.2) is 5.69 Å². The molecule has 0 fully saturated rings. The summed E-state index contributed by atoms with van der Waals surface area (Å²) in [5.41, 5.74) is 1.54. The summed E-state index contributed by atoms with van der Waals surface area (Å²) in [5, 5.41) is 4.00. The van der Waals surface area contributed by atoms with Crippen LogP contribution in [0.5, 0.6) is 11.5 Å². The van der Waals surface area contributed by atoms with E-state index in [2.05, 4.69) is 5.10 Å². The molecular formula is C24H18ClF3N2O2. The monoisotopic (exact) mass is 458 g/mol. The molecule has 0 saturated carbocycles. The zero-order valence-corrected chi connectivity index (χ0v) is 17.7. The van der Waals surface area contributed by atoms with Crippen LogP contribution in [-0.2, 0) is 12.8 Å². The van der Waals surface area contributed by atoms with Crippen LogP contribution in [0.2, 0.25) is 5.02 Å². The first-order valence-corrected chi connectivity index (χ1v) is 10.0. The normalized spacial score (nSPS) is 11.4. The molecule has 4 rings (SSSR count). The number of benzene rings is 3. The summed E-state index contributed by atoms with van der Waals surface area (Å²) in [6, 6.07) is 22.4. The molecule has 4 nitrogen and oxygen atoms in total. The van der Waals surface area contributed by atoms with Gasteiger partial charge in [0.25, 0.3) is 0 Å². The van der Waals surface area contributed by atoms with Crippen molar-refractivity contribution >= 4 is 11.6 Å². The molecule has 0 unspecified atom stereocenters. The second-order valence-corrected chi connectivity index (χ2v) is 7.33. The van der Waals surface area contributed by atoms with Crippen molar-refractivity contribution in [2.24, 2.45) is 0 Å². The van der Waals surface area contributed by atoms with Gasteiger partial charge in [0, 0.05) is 0 Å². The molecular weight excluding hydrogens is 441 g/mol. The summed E-state index contributed by atoms with van der Waals surface area (Å²) in [6.45, 7) is -0.115. The van der Waals surface area contributed by atoms with E-state index in [4.69, 9.17) is 21.1 Å². The maximum atomic E-state index is 13.3. The Labute approximate surface area is 187 Å². The Balaban J connectivity index is 1.55. The van der Waals surface area contributed by atoms with Gasteiger partial charge in [0.2, 0.25) is 0 Å². The second kappa shape index (κ2) is 8.96. The molecule has 0 amide bonds. The van der Waals surface area contributed by atoms with Gasteiger partial charge in [-0.3, -0.25) is 0 Å². The average Bonchev–Trinajstić information content (AvgIpc) is 3.23. The van der Waals surface area contributed by atoms with Crippen LogP contribution in [0, 0.1) is 0 Å². The molecule has 0 atom stereocenters. The molecule has 4 aromatic rings. The summed E-state index contributed by atoms with van der Waals surface area (Å²) >= 11 is 6.18. The van der Waals surface area contributed by atoms with Crippen molar-refractivity contribution in [3.8, 4) is 28.3 Å². The van der Waals surface area contributed by atoms with E-state index in [0.29, 0.717) is 11.4 Å². The fourth-order valence-electron chi connectivity index (χ4n) is 3.18. The molecule has 164 valence electrons. The lowest BCUT2D eigenvalue weighted by molar-refractivity contribution is -0.141. The Morgan fingerprint density at radius 1 is 0.875 bits per heavy atom. The first-order valence-electron chi connectivity index (χ1n) is 9.63. The lowest BCUT2D eigenvalue weighted by Gasteiger charge is -2.11. The number of methoxy groups -OCH3 is 1. The van der Waals surface area contributed by atoms with Crippen LogP contribution in [0.15, 0.2) is 78.9 Å². The summed E-state index contributed by atoms with van der Waals surface area (Å²) in [7, 11) is 1.61. The van der Waals surface area contributed by atoms with Crippen LogP contribution in [-0.4, -0.2) is 16.9 Å². The predicted molar refractivity (Wildman–Crippen MR) is 116 cm³/mol. The Bertz CT molecular complexity index is 1200. The van der Waals surface area contributed by atoms with Crippen molar-refractivity contribution in [3.05, 3.63) is 95.3 Å². The van der Waals surface area contributed by atoms with E-state index in [1.54, 1.807) is 43.5 Å². The molecule has 32 heavy (non-hydrogen) atoms. The molecule has 0 N–H and O–H groups in total. The van der Waals surface area contributed by atoms with Gasteiger partial charge in [0.05, 0.1) is 23.5 Å². The highest BCUT2D eigenvalue weighted by atomic mass is 35.5. The van der Waals surface area contributed by atoms with Gasteiger partial charge >= 0.3 is 6.18 Å². The van der Waals surface area contributed by atoms with Gasteiger partial charge in [-0.05, 0) is 53.6 Å². The largest absolute Gasteiger partial charge is 0.497 e. The van der Waals surface area contributed by atoms with Crippen molar-refractivity contribution in [2.75, 3.05) is 7.11 Å². The Morgan fingerprint density at radius 3 is 2.03 bits per heavy atom. The number of hydrogen-bond acceptors (Lipinski definition) is 3. The van der Waals surface area contributed by atoms with E-state index in [0.717, 1.165) is 27.6 Å². The van der Waals surface area contributed by atoms with Gasteiger partial charge in [0.1, 0.15) is 18.1 Å². The first kappa shape index (κ1) is 21.8. The van der Waals surface area contributed by atoms with Crippen molar-refractivity contribution < 1.29 is 22.6 Å². The highest BCUT2D eigenvalue weighted by Crippen LogP contribution is 2.31. The lowest BCUT2D eigenvalue weighted by Crippen LogP contribution is -2.08. The number of halogens is 4. The molecule has 0 bridgehead atoms. The van der Waals surface area contributed by atoms with Gasteiger partial charge in [-0.2, -0.15) is 18.3 Å². The third kappa shape index (κ3) is 4.73. The Morgan fingerprint density at radius 2 is 1.47 bits per heavy atom. The molecule has 1 aromatic heterocycles. The third-order valence-electron chi connectivity index (χ3n) is 4.82. The minimum atomic E-state index is -4.58. The minimum absolute atomic E-state index is 0.115. The number of para-hydroxylation sites is 1. The molecule has 3 aromatic carbocycles. The summed E-state index contributed by atoms with van der Waals surface area (Å²) in [5.74, 6) is 1.28. The van der Waals surface area contributed by atoms with Crippen molar-refractivity contribution in [1.29, 1.82) is 0 Å². The zero-order chi connectivity index (χ0) is 22.7. The number of alkyl halides is 3. The smallest absolute Gasteiger partial charge is 0.435 e. The second-order valence-electron chi connectivity index (χ2n) is 6.92. The quantitative estimate of drug-likeness (QED) is 0.319. The number of rotatable bonds is 6. The lowest BCUT2D eigenvalue weighted by atomic mass is 10.1. The van der Waals surface area contributed by atoms with E-state index < -0.39 is 11.9 Å². The van der Waals surface area contributed by atoms with Crippen LogP contribution < -0.4 is 9.47 Å². The highest BCUT2D eigenvalue weighted by Gasteiger charge is 2.35. The summed E-state index contributed by atoms with van der Waals surface area (Å²) < 4.78 is 51.9. The molecule has 0 aliphatic heterocycles. The standard InChI is InChI=1S/C24H18ClF3N2O2/c1-31-19-10-6-16(7-11-19)17-8-12-20(13-9-17)32-15-18-14-23(24(26,27)28)29-30(18)22-5-3-2-4-21(22)25/h2-14H,15H2,1H3. The number of aromatic nitrogens is 2. The molecule has 0 spiro atoms. The maximum Gasteiger partial charge on any atom is 0.435 e. The third-order valence-corrected chi connectivity index (χ3v) is 5.14. The minimum Gasteiger partial charge on any atom is -0.497 e. The van der Waals surface area contributed by atoms with Gasteiger partial charge in [-0.25, -0.2) is 4.68 Å². The van der Waals surface area contributed by atoms with Crippen molar-refractivity contribution in [2.45, 2.75) is 12.8 Å². The summed E-state index contributed by atoms with van der Waals surface area (Å²) in [4.78, 5) is 0. The molecule has 0 radical (unpaired) electrons. The van der Waals surface area contributed by atoms with E-state index in [1.807, 2.05) is 36.4 Å². The van der Waals surface area contributed by atoms with Crippen molar-refractivity contribution in [3.63, 3.8) is 0 Å². The number of ether oxygens (including phenoxy) is 2. The maximum absolute atomic E-state index is 13.3.